The Morgan fingerprint density at radius 3 is 2.31 bits per heavy atom. The molecular formula is C10H18O3. The molecule has 0 saturated heterocycles. The van der Waals surface area contributed by atoms with Crippen LogP contribution in [0, 0.1) is 11.8 Å². The molecule has 76 valence electrons. The van der Waals surface area contributed by atoms with E-state index in [1.54, 1.807) is 6.92 Å². The number of aliphatic hydroxyl groups excluding tert-OH is 1. The number of aliphatic carboxylic acids is 1. The Bertz CT molecular complexity index is 169. The highest BCUT2D eigenvalue weighted by Crippen LogP contribution is 2.31. The molecule has 0 aromatic heterocycles. The van der Waals surface area contributed by atoms with E-state index >= 15 is 0 Å². The molecule has 2 N–H and O–H groups in total. The zero-order valence-electron chi connectivity index (χ0n) is 8.07. The first-order valence-electron chi connectivity index (χ1n) is 5.00. The smallest absolute Gasteiger partial charge is 0.306 e. The van der Waals surface area contributed by atoms with Gasteiger partial charge in [-0.05, 0) is 44.9 Å². The Hall–Kier alpha value is -0.570. The fourth-order valence-electron chi connectivity index (χ4n) is 2.13. The largest absolute Gasteiger partial charge is 0.481 e. The maximum absolute atomic E-state index is 10.6. The summed E-state index contributed by atoms with van der Waals surface area (Å²) >= 11 is 0. The highest BCUT2D eigenvalue weighted by Gasteiger charge is 2.26. The number of aliphatic hydroxyl groups is 1. The SMILES string of the molecule is CC(O)CC1CCC(C(=O)O)CC1. The summed E-state index contributed by atoms with van der Waals surface area (Å²) in [6.45, 7) is 1.79. The van der Waals surface area contributed by atoms with Crippen LogP contribution in [0.25, 0.3) is 0 Å². The van der Waals surface area contributed by atoms with E-state index in [1.807, 2.05) is 0 Å². The molecule has 0 aliphatic heterocycles. The maximum Gasteiger partial charge on any atom is 0.306 e. The van der Waals surface area contributed by atoms with Gasteiger partial charge in [-0.3, -0.25) is 4.79 Å². The molecule has 1 aliphatic carbocycles. The second kappa shape index (κ2) is 4.61. The zero-order valence-corrected chi connectivity index (χ0v) is 8.07. The summed E-state index contributed by atoms with van der Waals surface area (Å²) in [5, 5.41) is 17.9. The third-order valence-corrected chi connectivity index (χ3v) is 2.87. The molecule has 3 nitrogen and oxygen atoms in total. The summed E-state index contributed by atoms with van der Waals surface area (Å²) in [4.78, 5) is 10.6. The van der Waals surface area contributed by atoms with Gasteiger partial charge in [-0.25, -0.2) is 0 Å². The van der Waals surface area contributed by atoms with Crippen LogP contribution < -0.4 is 0 Å². The average molecular weight is 186 g/mol. The van der Waals surface area contributed by atoms with Crippen molar-refractivity contribution in [1.82, 2.24) is 0 Å². The molecule has 0 radical (unpaired) electrons. The van der Waals surface area contributed by atoms with Crippen molar-refractivity contribution in [2.24, 2.45) is 11.8 Å². The monoisotopic (exact) mass is 186 g/mol. The van der Waals surface area contributed by atoms with Crippen LogP contribution in [0.15, 0.2) is 0 Å². The van der Waals surface area contributed by atoms with E-state index < -0.39 is 5.97 Å². The van der Waals surface area contributed by atoms with Gasteiger partial charge in [-0.1, -0.05) is 0 Å². The average Bonchev–Trinajstić information content (AvgIpc) is 2.04. The van der Waals surface area contributed by atoms with Gasteiger partial charge in [-0.15, -0.1) is 0 Å². The van der Waals surface area contributed by atoms with Crippen LogP contribution in [-0.4, -0.2) is 22.3 Å². The van der Waals surface area contributed by atoms with Crippen molar-refractivity contribution in [2.45, 2.75) is 45.1 Å². The fourth-order valence-corrected chi connectivity index (χ4v) is 2.13. The minimum absolute atomic E-state index is 0.134. The van der Waals surface area contributed by atoms with Crippen LogP contribution in [0.3, 0.4) is 0 Å². The van der Waals surface area contributed by atoms with E-state index in [4.69, 9.17) is 10.2 Å². The molecule has 1 atom stereocenters. The summed E-state index contributed by atoms with van der Waals surface area (Å²) in [7, 11) is 0. The third-order valence-electron chi connectivity index (χ3n) is 2.87. The predicted octanol–water partition coefficient (Wildman–Crippen LogP) is 1.65. The molecule has 1 unspecified atom stereocenters. The maximum atomic E-state index is 10.6. The first kappa shape index (κ1) is 10.5. The van der Waals surface area contributed by atoms with E-state index in [-0.39, 0.29) is 12.0 Å². The van der Waals surface area contributed by atoms with Gasteiger partial charge in [0.25, 0.3) is 0 Å². The summed E-state index contributed by atoms with van der Waals surface area (Å²) in [6.07, 6.45) is 4.07. The lowest BCUT2D eigenvalue weighted by Gasteiger charge is -2.26. The van der Waals surface area contributed by atoms with Crippen molar-refractivity contribution in [3.05, 3.63) is 0 Å². The van der Waals surface area contributed by atoms with Crippen LogP contribution in [0.5, 0.6) is 0 Å². The van der Waals surface area contributed by atoms with E-state index in [9.17, 15) is 4.79 Å². The molecule has 1 saturated carbocycles. The van der Waals surface area contributed by atoms with Crippen molar-refractivity contribution >= 4 is 5.97 Å². The van der Waals surface area contributed by atoms with E-state index in [0.717, 1.165) is 32.1 Å². The van der Waals surface area contributed by atoms with Crippen LogP contribution in [0.2, 0.25) is 0 Å². The minimum atomic E-state index is -0.657. The second-order valence-corrected chi connectivity index (χ2v) is 4.14. The van der Waals surface area contributed by atoms with Crippen LogP contribution in [-0.2, 0) is 4.79 Å². The number of carbonyl (C=O) groups is 1. The number of carboxylic acids is 1. The van der Waals surface area contributed by atoms with Gasteiger partial charge in [0.05, 0.1) is 12.0 Å². The van der Waals surface area contributed by atoms with Gasteiger partial charge in [-0.2, -0.15) is 0 Å². The second-order valence-electron chi connectivity index (χ2n) is 4.14. The Kier molecular flexibility index (Phi) is 3.72. The normalized spacial score (nSPS) is 31.2. The number of rotatable bonds is 3. The molecular weight excluding hydrogens is 168 g/mol. The quantitative estimate of drug-likeness (QED) is 0.704. The number of carboxylic acid groups (broad SMARTS) is 1. The molecule has 3 heteroatoms. The van der Waals surface area contributed by atoms with E-state index in [0.29, 0.717) is 5.92 Å². The van der Waals surface area contributed by atoms with Gasteiger partial charge in [0, 0.05) is 0 Å². The number of hydrogen-bond donors (Lipinski definition) is 2. The van der Waals surface area contributed by atoms with Crippen LogP contribution in [0.4, 0.5) is 0 Å². The third kappa shape index (κ3) is 3.35. The van der Waals surface area contributed by atoms with Crippen LogP contribution in [0.1, 0.15) is 39.0 Å². The molecule has 0 spiro atoms. The number of hydrogen-bond acceptors (Lipinski definition) is 2. The predicted molar refractivity (Wildman–Crippen MR) is 49.4 cm³/mol. The van der Waals surface area contributed by atoms with E-state index in [2.05, 4.69) is 0 Å². The standard InChI is InChI=1S/C10H18O3/c1-7(11)6-8-2-4-9(5-3-8)10(12)13/h7-9,11H,2-6H2,1H3,(H,12,13). The first-order chi connectivity index (χ1) is 6.09. The molecule has 1 rings (SSSR count). The Morgan fingerprint density at radius 2 is 1.92 bits per heavy atom. The lowest BCUT2D eigenvalue weighted by Crippen LogP contribution is -2.23. The van der Waals surface area contributed by atoms with E-state index in [1.165, 1.54) is 0 Å². The summed E-state index contributed by atoms with van der Waals surface area (Å²) in [6, 6.07) is 0. The molecule has 1 fully saturated rings. The first-order valence-corrected chi connectivity index (χ1v) is 5.00. The van der Waals surface area contributed by atoms with Gasteiger partial charge in [0.15, 0.2) is 0 Å². The van der Waals surface area contributed by atoms with Crippen molar-refractivity contribution in [1.29, 1.82) is 0 Å². The van der Waals surface area contributed by atoms with Crippen molar-refractivity contribution in [3.63, 3.8) is 0 Å². The van der Waals surface area contributed by atoms with Crippen molar-refractivity contribution in [2.75, 3.05) is 0 Å². The molecule has 0 bridgehead atoms. The van der Waals surface area contributed by atoms with Crippen LogP contribution >= 0.6 is 0 Å². The van der Waals surface area contributed by atoms with Crippen molar-refractivity contribution in [3.8, 4) is 0 Å². The Labute approximate surface area is 78.8 Å². The summed E-state index contributed by atoms with van der Waals surface area (Å²) < 4.78 is 0. The lowest BCUT2D eigenvalue weighted by atomic mass is 9.80. The molecule has 13 heavy (non-hydrogen) atoms. The van der Waals surface area contributed by atoms with Gasteiger partial charge >= 0.3 is 5.97 Å². The molecule has 1 aliphatic rings. The lowest BCUT2D eigenvalue weighted by molar-refractivity contribution is -0.143. The minimum Gasteiger partial charge on any atom is -0.481 e. The summed E-state index contributed by atoms with van der Waals surface area (Å²) in [5.74, 6) is -0.253. The highest BCUT2D eigenvalue weighted by molar-refractivity contribution is 5.69. The Balaban J connectivity index is 2.26. The topological polar surface area (TPSA) is 57.5 Å². The zero-order chi connectivity index (χ0) is 9.84. The molecule has 0 heterocycles. The fraction of sp³-hybridized carbons (Fsp3) is 0.900. The van der Waals surface area contributed by atoms with Gasteiger partial charge in [0.1, 0.15) is 0 Å². The molecule has 0 aromatic carbocycles. The van der Waals surface area contributed by atoms with Gasteiger partial charge in [0.2, 0.25) is 0 Å². The van der Waals surface area contributed by atoms with Crippen molar-refractivity contribution < 1.29 is 15.0 Å². The molecule has 0 aromatic rings. The summed E-state index contributed by atoms with van der Waals surface area (Å²) in [5.41, 5.74) is 0. The Morgan fingerprint density at radius 1 is 1.38 bits per heavy atom. The molecule has 0 amide bonds. The highest BCUT2D eigenvalue weighted by atomic mass is 16.4. The van der Waals surface area contributed by atoms with Gasteiger partial charge < -0.3 is 10.2 Å².